The van der Waals surface area contributed by atoms with Crippen molar-refractivity contribution in [1.29, 1.82) is 0 Å². The normalized spacial score (nSPS) is 8.29. The zero-order valence-corrected chi connectivity index (χ0v) is 12.0. The van der Waals surface area contributed by atoms with Gasteiger partial charge in [0.2, 0.25) is 0 Å². The highest BCUT2D eigenvalue weighted by atomic mass is 16.5. The van der Waals surface area contributed by atoms with Gasteiger partial charge in [-0.25, -0.2) is 0 Å². The number of para-hydroxylation sites is 1. The molecule has 2 nitrogen and oxygen atoms in total. The lowest BCUT2D eigenvalue weighted by Gasteiger charge is -1.93. The van der Waals surface area contributed by atoms with Crippen LogP contribution in [0.1, 0.15) is 40.5 Å². The fraction of sp³-hybridized carbons (Fsp3) is 0.600. The molecule has 0 saturated heterocycles. The maximum absolute atomic E-state index is 4.91. The Morgan fingerprint density at radius 1 is 0.824 bits per heavy atom. The first-order chi connectivity index (χ1) is 8.26. The fourth-order valence-corrected chi connectivity index (χ4v) is 0.761. The van der Waals surface area contributed by atoms with E-state index in [2.05, 4.69) is 13.8 Å². The van der Waals surface area contributed by atoms with Gasteiger partial charge in [-0.3, -0.25) is 0 Å². The van der Waals surface area contributed by atoms with Gasteiger partial charge in [0.25, 0.3) is 0 Å². The molecule has 0 fully saturated rings. The molecule has 0 radical (unpaired) electrons. The summed E-state index contributed by atoms with van der Waals surface area (Å²) in [4.78, 5) is 0. The van der Waals surface area contributed by atoms with Crippen LogP contribution in [0.3, 0.4) is 0 Å². The summed E-state index contributed by atoms with van der Waals surface area (Å²) in [5, 5.41) is 0. The van der Waals surface area contributed by atoms with Crippen LogP contribution in [0.2, 0.25) is 0 Å². The minimum Gasteiger partial charge on any atom is -0.497 e. The minimum atomic E-state index is 0.844. The number of benzene rings is 1. The highest BCUT2D eigenvalue weighted by molar-refractivity contribution is 5.20. The monoisotopic (exact) mass is 240 g/mol. The van der Waals surface area contributed by atoms with Crippen molar-refractivity contribution < 1.29 is 9.47 Å². The van der Waals surface area contributed by atoms with Crippen molar-refractivity contribution in [3.63, 3.8) is 0 Å². The number of methoxy groups -OCH3 is 1. The van der Waals surface area contributed by atoms with E-state index in [1.54, 1.807) is 7.11 Å². The van der Waals surface area contributed by atoms with Gasteiger partial charge in [0, 0.05) is 13.2 Å². The van der Waals surface area contributed by atoms with Crippen molar-refractivity contribution >= 4 is 0 Å². The van der Waals surface area contributed by atoms with Crippen LogP contribution in [0.4, 0.5) is 0 Å². The maximum Gasteiger partial charge on any atom is 0.118 e. The number of rotatable bonds is 4. The average Bonchev–Trinajstić information content (AvgIpc) is 2.41. The van der Waals surface area contributed by atoms with E-state index >= 15 is 0 Å². The molecule has 1 aromatic carbocycles. The van der Waals surface area contributed by atoms with Crippen LogP contribution in [0.15, 0.2) is 30.3 Å². The fourth-order valence-electron chi connectivity index (χ4n) is 0.761. The zero-order valence-electron chi connectivity index (χ0n) is 12.0. The number of ether oxygens (including phenoxy) is 2. The highest BCUT2D eigenvalue weighted by Gasteiger charge is 1.80. The third kappa shape index (κ3) is 17.6. The lowest BCUT2D eigenvalue weighted by atomic mass is 10.3. The van der Waals surface area contributed by atoms with Gasteiger partial charge in [0.1, 0.15) is 5.75 Å². The summed E-state index contributed by atoms with van der Waals surface area (Å²) in [6, 6.07) is 9.68. The summed E-state index contributed by atoms with van der Waals surface area (Å²) >= 11 is 0. The zero-order chi connectivity index (χ0) is 13.4. The Morgan fingerprint density at radius 3 is 1.47 bits per heavy atom. The molecular weight excluding hydrogens is 212 g/mol. The molecule has 0 amide bonds. The van der Waals surface area contributed by atoms with Crippen LogP contribution in [-0.4, -0.2) is 20.3 Å². The van der Waals surface area contributed by atoms with Gasteiger partial charge in [-0.05, 0) is 26.0 Å². The van der Waals surface area contributed by atoms with Crippen molar-refractivity contribution in [2.24, 2.45) is 0 Å². The first-order valence-electron chi connectivity index (χ1n) is 6.43. The summed E-state index contributed by atoms with van der Waals surface area (Å²) < 4.78 is 9.75. The lowest BCUT2D eigenvalue weighted by Crippen LogP contribution is -1.84. The smallest absolute Gasteiger partial charge is 0.118 e. The topological polar surface area (TPSA) is 18.5 Å². The van der Waals surface area contributed by atoms with E-state index in [9.17, 15) is 0 Å². The average molecular weight is 240 g/mol. The first-order valence-corrected chi connectivity index (χ1v) is 6.43. The van der Waals surface area contributed by atoms with Crippen LogP contribution in [0, 0.1) is 0 Å². The Morgan fingerprint density at radius 2 is 1.29 bits per heavy atom. The van der Waals surface area contributed by atoms with Gasteiger partial charge in [-0.1, -0.05) is 44.9 Å². The first kappa shape index (κ1) is 18.3. The molecule has 0 aliphatic carbocycles. The Balaban J connectivity index is 0. The summed E-state index contributed by atoms with van der Waals surface area (Å²) in [5.74, 6) is 0.910. The number of hydrogen-bond acceptors (Lipinski definition) is 2. The molecule has 100 valence electrons. The molecule has 2 heteroatoms. The van der Waals surface area contributed by atoms with E-state index < -0.39 is 0 Å². The second-order valence-corrected chi connectivity index (χ2v) is 3.30. The minimum absolute atomic E-state index is 0.844. The van der Waals surface area contributed by atoms with E-state index in [-0.39, 0.29) is 0 Å². The Kier molecular flexibility index (Phi) is 18.8. The van der Waals surface area contributed by atoms with Gasteiger partial charge >= 0.3 is 0 Å². The molecule has 1 aromatic rings. The summed E-state index contributed by atoms with van der Waals surface area (Å²) in [5.41, 5.74) is 0. The van der Waals surface area contributed by atoms with Crippen molar-refractivity contribution in [2.75, 3.05) is 20.3 Å². The number of hydrogen-bond donors (Lipinski definition) is 0. The molecule has 0 saturated carbocycles. The Hall–Kier alpha value is -1.02. The molecule has 0 unspecified atom stereocenters. The van der Waals surface area contributed by atoms with Gasteiger partial charge in [0.05, 0.1) is 7.11 Å². The molecule has 0 aliphatic heterocycles. The van der Waals surface area contributed by atoms with Crippen LogP contribution < -0.4 is 4.74 Å². The largest absolute Gasteiger partial charge is 0.497 e. The molecule has 0 spiro atoms. The van der Waals surface area contributed by atoms with Gasteiger partial charge in [-0.2, -0.15) is 0 Å². The van der Waals surface area contributed by atoms with Crippen LogP contribution in [0.5, 0.6) is 5.75 Å². The van der Waals surface area contributed by atoms with Crippen molar-refractivity contribution in [2.45, 2.75) is 40.5 Å². The lowest BCUT2D eigenvalue weighted by molar-refractivity contribution is 0.162. The van der Waals surface area contributed by atoms with Crippen LogP contribution in [-0.2, 0) is 4.74 Å². The van der Waals surface area contributed by atoms with E-state index in [0.29, 0.717) is 0 Å². The van der Waals surface area contributed by atoms with E-state index in [1.165, 1.54) is 12.8 Å². The van der Waals surface area contributed by atoms with Gasteiger partial charge in [0.15, 0.2) is 0 Å². The standard InChI is InChI=1S/C7H8O.C4H10O.C4H10/c1-8-7-5-3-2-4-6-7;1-3-5-4-2;1-3-4-2/h2-6H,1H3;3-4H2,1-2H3;3-4H2,1-2H3. The quantitative estimate of drug-likeness (QED) is 0.769. The van der Waals surface area contributed by atoms with Gasteiger partial charge < -0.3 is 9.47 Å². The molecule has 0 N–H and O–H groups in total. The molecule has 1 rings (SSSR count). The molecule has 0 heterocycles. The Labute approximate surface area is 107 Å². The molecule has 17 heavy (non-hydrogen) atoms. The van der Waals surface area contributed by atoms with Gasteiger partial charge in [-0.15, -0.1) is 0 Å². The second-order valence-electron chi connectivity index (χ2n) is 3.30. The summed E-state index contributed by atoms with van der Waals surface area (Å²) in [7, 11) is 1.66. The molecule has 0 aromatic heterocycles. The predicted octanol–water partition coefficient (Wildman–Crippen LogP) is 4.54. The third-order valence-electron chi connectivity index (χ3n) is 1.89. The molecule has 0 bridgehead atoms. The van der Waals surface area contributed by atoms with Crippen LogP contribution >= 0.6 is 0 Å². The van der Waals surface area contributed by atoms with E-state index in [1.807, 2.05) is 44.2 Å². The maximum atomic E-state index is 4.91. The number of unbranched alkanes of at least 4 members (excludes halogenated alkanes) is 1. The van der Waals surface area contributed by atoms with Crippen molar-refractivity contribution in [1.82, 2.24) is 0 Å². The Bertz CT molecular complexity index is 205. The third-order valence-corrected chi connectivity index (χ3v) is 1.89. The highest BCUT2D eigenvalue weighted by Crippen LogP contribution is 2.05. The molecule has 0 aliphatic rings. The summed E-state index contributed by atoms with van der Waals surface area (Å²) in [6.45, 7) is 10.0. The summed E-state index contributed by atoms with van der Waals surface area (Å²) in [6.07, 6.45) is 2.64. The van der Waals surface area contributed by atoms with Crippen molar-refractivity contribution in [3.05, 3.63) is 30.3 Å². The van der Waals surface area contributed by atoms with Crippen molar-refractivity contribution in [3.8, 4) is 5.75 Å². The van der Waals surface area contributed by atoms with E-state index in [0.717, 1.165) is 19.0 Å². The predicted molar refractivity (Wildman–Crippen MR) is 75.7 cm³/mol. The molecule has 0 atom stereocenters. The second kappa shape index (κ2) is 17.4. The van der Waals surface area contributed by atoms with E-state index in [4.69, 9.17) is 9.47 Å². The van der Waals surface area contributed by atoms with Crippen LogP contribution in [0.25, 0.3) is 0 Å². The SMILES string of the molecule is CCCC.CCOCC.COc1ccccc1. The molecular formula is C15H28O2.